The number of aryl methyl sites for hydroxylation is 1. The van der Waals surface area contributed by atoms with Gasteiger partial charge in [-0.1, -0.05) is 19.9 Å². The lowest BCUT2D eigenvalue weighted by molar-refractivity contribution is 0.541. The average Bonchev–Trinajstić information content (AvgIpc) is 2.84. The van der Waals surface area contributed by atoms with E-state index in [1.54, 1.807) is 0 Å². The number of nitrogens with zero attached hydrogens (tertiary/aromatic N) is 1. The molecule has 0 heterocycles. The summed E-state index contributed by atoms with van der Waals surface area (Å²) in [6, 6.07) is 8.72. The van der Waals surface area contributed by atoms with E-state index in [2.05, 4.69) is 38.2 Å². The Morgan fingerprint density at radius 2 is 2.19 bits per heavy atom. The van der Waals surface area contributed by atoms with Crippen LogP contribution in [0.4, 0.5) is 0 Å². The zero-order chi connectivity index (χ0) is 11.8. The third kappa shape index (κ3) is 2.25. The van der Waals surface area contributed by atoms with Crippen LogP contribution in [0.5, 0.6) is 0 Å². The molecule has 1 aliphatic rings. The molecule has 1 N–H and O–H groups in total. The summed E-state index contributed by atoms with van der Waals surface area (Å²) in [4.78, 5) is 0. The quantitative estimate of drug-likeness (QED) is 0.839. The second kappa shape index (κ2) is 3.92. The maximum atomic E-state index is 8.78. The fourth-order valence-corrected chi connectivity index (χ4v) is 2.01. The second-order valence-corrected chi connectivity index (χ2v) is 5.38. The molecule has 0 amide bonds. The summed E-state index contributed by atoms with van der Waals surface area (Å²) in [6.45, 7) is 7.55. The molecule has 16 heavy (non-hydrogen) atoms. The monoisotopic (exact) mass is 214 g/mol. The van der Waals surface area contributed by atoms with E-state index in [1.807, 2.05) is 12.1 Å². The Morgan fingerprint density at radius 3 is 2.69 bits per heavy atom. The molecule has 1 aromatic carbocycles. The van der Waals surface area contributed by atoms with Crippen LogP contribution < -0.4 is 5.32 Å². The van der Waals surface area contributed by atoms with E-state index in [4.69, 9.17) is 5.26 Å². The topological polar surface area (TPSA) is 35.8 Å². The highest BCUT2D eigenvalue weighted by molar-refractivity contribution is 5.37. The van der Waals surface area contributed by atoms with E-state index in [1.165, 1.54) is 17.5 Å². The summed E-state index contributed by atoms with van der Waals surface area (Å²) in [5, 5.41) is 12.3. The summed E-state index contributed by atoms with van der Waals surface area (Å²) >= 11 is 0. The zero-order valence-electron chi connectivity index (χ0n) is 10.2. The van der Waals surface area contributed by atoms with Crippen LogP contribution in [0.15, 0.2) is 18.2 Å². The summed E-state index contributed by atoms with van der Waals surface area (Å²) in [6.07, 6.45) is 1.27. The largest absolute Gasteiger partial charge is 0.309 e. The Hall–Kier alpha value is -1.33. The highest BCUT2D eigenvalue weighted by Gasteiger charge is 2.44. The lowest BCUT2D eigenvalue weighted by Crippen LogP contribution is -2.20. The molecule has 0 aromatic heterocycles. The van der Waals surface area contributed by atoms with E-state index in [0.717, 1.165) is 12.1 Å². The number of hydrogen-bond donors (Lipinski definition) is 1. The molecule has 1 aromatic rings. The molecule has 0 aliphatic heterocycles. The third-order valence-corrected chi connectivity index (χ3v) is 3.52. The van der Waals surface area contributed by atoms with E-state index in [-0.39, 0.29) is 0 Å². The summed E-state index contributed by atoms with van der Waals surface area (Å²) in [5.74, 6) is 0. The molecule has 2 nitrogen and oxygen atoms in total. The first-order valence-corrected chi connectivity index (χ1v) is 5.76. The second-order valence-electron chi connectivity index (χ2n) is 5.38. The standard InChI is InChI=1S/C14H18N2/c1-10-6-11(8-15)4-5-12(10)9-16-13-7-14(13,2)3/h4-6,13,16H,7,9H2,1-3H3. The van der Waals surface area contributed by atoms with Crippen LogP contribution >= 0.6 is 0 Å². The molecular formula is C14H18N2. The first-order chi connectivity index (χ1) is 7.53. The van der Waals surface area contributed by atoms with Crippen molar-refractivity contribution in [1.82, 2.24) is 5.32 Å². The SMILES string of the molecule is Cc1cc(C#N)ccc1CNC1CC1(C)C. The van der Waals surface area contributed by atoms with Crippen LogP contribution in [-0.2, 0) is 6.54 Å². The van der Waals surface area contributed by atoms with Gasteiger partial charge in [0, 0.05) is 12.6 Å². The maximum absolute atomic E-state index is 8.78. The van der Waals surface area contributed by atoms with Crippen LogP contribution in [0, 0.1) is 23.7 Å². The van der Waals surface area contributed by atoms with E-state index >= 15 is 0 Å². The van der Waals surface area contributed by atoms with Crippen LogP contribution in [0.2, 0.25) is 0 Å². The van der Waals surface area contributed by atoms with Crippen LogP contribution in [-0.4, -0.2) is 6.04 Å². The minimum Gasteiger partial charge on any atom is -0.309 e. The fraction of sp³-hybridized carbons (Fsp3) is 0.500. The zero-order valence-corrected chi connectivity index (χ0v) is 10.2. The Morgan fingerprint density at radius 1 is 1.50 bits per heavy atom. The summed E-state index contributed by atoms with van der Waals surface area (Å²) < 4.78 is 0. The van der Waals surface area contributed by atoms with Crippen molar-refractivity contribution >= 4 is 0 Å². The maximum Gasteiger partial charge on any atom is 0.0991 e. The number of nitrogens with one attached hydrogen (secondary N) is 1. The van der Waals surface area contributed by atoms with Gasteiger partial charge in [-0.15, -0.1) is 0 Å². The third-order valence-electron chi connectivity index (χ3n) is 3.52. The molecule has 0 saturated heterocycles. The predicted molar refractivity (Wildman–Crippen MR) is 64.9 cm³/mol. The molecule has 1 fully saturated rings. The van der Waals surface area contributed by atoms with Gasteiger partial charge in [0.15, 0.2) is 0 Å². The summed E-state index contributed by atoms with van der Waals surface area (Å²) in [5.41, 5.74) is 3.71. The molecule has 1 aliphatic carbocycles. The molecule has 0 spiro atoms. The lowest BCUT2D eigenvalue weighted by atomic mass is 10.1. The van der Waals surface area contributed by atoms with Crippen LogP contribution in [0.3, 0.4) is 0 Å². The number of hydrogen-bond acceptors (Lipinski definition) is 2. The lowest BCUT2D eigenvalue weighted by Gasteiger charge is -2.09. The Kier molecular flexibility index (Phi) is 2.73. The van der Waals surface area contributed by atoms with Crippen molar-refractivity contribution in [2.24, 2.45) is 5.41 Å². The van der Waals surface area contributed by atoms with Crippen LogP contribution in [0.25, 0.3) is 0 Å². The first kappa shape index (κ1) is 11.2. The Bertz CT molecular complexity index is 441. The van der Waals surface area contributed by atoms with Gasteiger partial charge in [0.1, 0.15) is 0 Å². The van der Waals surface area contributed by atoms with Gasteiger partial charge in [-0.05, 0) is 42.0 Å². The van der Waals surface area contributed by atoms with Crippen molar-refractivity contribution in [3.05, 3.63) is 34.9 Å². The predicted octanol–water partition coefficient (Wildman–Crippen LogP) is 2.75. The molecule has 1 atom stereocenters. The van der Waals surface area contributed by atoms with Gasteiger partial charge in [-0.3, -0.25) is 0 Å². The molecule has 2 heteroatoms. The Balaban J connectivity index is 1.98. The minimum atomic E-state index is 0.473. The molecule has 0 radical (unpaired) electrons. The number of rotatable bonds is 3. The molecule has 1 unspecified atom stereocenters. The van der Waals surface area contributed by atoms with Crippen LogP contribution in [0.1, 0.15) is 37.0 Å². The van der Waals surface area contributed by atoms with Crippen molar-refractivity contribution in [3.63, 3.8) is 0 Å². The fourth-order valence-electron chi connectivity index (χ4n) is 2.01. The molecule has 1 saturated carbocycles. The molecule has 0 bridgehead atoms. The first-order valence-electron chi connectivity index (χ1n) is 5.76. The Labute approximate surface area is 97.3 Å². The van der Waals surface area contributed by atoms with Gasteiger partial charge < -0.3 is 5.32 Å². The highest BCUT2D eigenvalue weighted by Crippen LogP contribution is 2.44. The van der Waals surface area contributed by atoms with Gasteiger partial charge in [-0.25, -0.2) is 0 Å². The van der Waals surface area contributed by atoms with Crippen molar-refractivity contribution in [1.29, 1.82) is 5.26 Å². The van der Waals surface area contributed by atoms with Crippen molar-refractivity contribution in [2.75, 3.05) is 0 Å². The minimum absolute atomic E-state index is 0.473. The van der Waals surface area contributed by atoms with E-state index < -0.39 is 0 Å². The number of nitriles is 1. The number of benzene rings is 1. The van der Waals surface area contributed by atoms with Crippen molar-refractivity contribution in [3.8, 4) is 6.07 Å². The molecular weight excluding hydrogens is 196 g/mol. The summed E-state index contributed by atoms with van der Waals surface area (Å²) in [7, 11) is 0. The van der Waals surface area contributed by atoms with Crippen molar-refractivity contribution < 1.29 is 0 Å². The van der Waals surface area contributed by atoms with Gasteiger partial charge in [-0.2, -0.15) is 5.26 Å². The average molecular weight is 214 g/mol. The highest BCUT2D eigenvalue weighted by atomic mass is 15.0. The normalized spacial score (nSPS) is 21.5. The van der Waals surface area contributed by atoms with E-state index in [9.17, 15) is 0 Å². The van der Waals surface area contributed by atoms with E-state index in [0.29, 0.717) is 11.5 Å². The smallest absolute Gasteiger partial charge is 0.0991 e. The van der Waals surface area contributed by atoms with Gasteiger partial charge >= 0.3 is 0 Å². The van der Waals surface area contributed by atoms with Gasteiger partial charge in [0.2, 0.25) is 0 Å². The van der Waals surface area contributed by atoms with Gasteiger partial charge in [0.25, 0.3) is 0 Å². The van der Waals surface area contributed by atoms with Gasteiger partial charge in [0.05, 0.1) is 11.6 Å². The molecule has 2 rings (SSSR count). The molecule has 84 valence electrons. The van der Waals surface area contributed by atoms with Crippen molar-refractivity contribution in [2.45, 2.75) is 39.8 Å².